The summed E-state index contributed by atoms with van der Waals surface area (Å²) in [4.78, 5) is 4.36. The average molecular weight is 194 g/mol. The fourth-order valence-electron chi connectivity index (χ4n) is 0.400. The Bertz CT molecular complexity index is 104. The molecule has 0 aromatic heterocycles. The van der Waals surface area contributed by atoms with Crippen molar-refractivity contribution in [2.75, 3.05) is 53.8 Å². The Morgan fingerprint density at radius 2 is 1.08 bits per heavy atom. The summed E-state index contributed by atoms with van der Waals surface area (Å²) in [5, 5.41) is 0. The first-order valence-corrected chi connectivity index (χ1v) is 5.87. The highest BCUT2D eigenvalue weighted by atomic mass is 32.2. The Morgan fingerprint density at radius 1 is 0.917 bits per heavy atom. The summed E-state index contributed by atoms with van der Waals surface area (Å²) in [6.07, 6.45) is 3.28. The van der Waals surface area contributed by atoms with Gasteiger partial charge in [-0.3, -0.25) is 4.21 Å². The predicted molar refractivity (Wildman–Crippen MR) is 57.1 cm³/mol. The standard InChI is InChI=1S/C6H16N2.C2H6OS/c1-7(2)5-6-8(3)4;1-4(2)3/h5-6H2,1-4H3;1-2H3. The van der Waals surface area contributed by atoms with Crippen LogP contribution in [0.15, 0.2) is 0 Å². The van der Waals surface area contributed by atoms with E-state index in [1.54, 1.807) is 12.5 Å². The first kappa shape index (κ1) is 14.6. The molecule has 0 aliphatic rings. The molecular weight excluding hydrogens is 172 g/mol. The summed E-state index contributed by atoms with van der Waals surface area (Å²) >= 11 is 0. The lowest BCUT2D eigenvalue weighted by Gasteiger charge is -2.13. The third-order valence-electron chi connectivity index (χ3n) is 0.994. The van der Waals surface area contributed by atoms with Crippen molar-refractivity contribution >= 4 is 10.8 Å². The van der Waals surface area contributed by atoms with Crippen molar-refractivity contribution in [3.63, 3.8) is 0 Å². The van der Waals surface area contributed by atoms with Gasteiger partial charge < -0.3 is 9.80 Å². The zero-order chi connectivity index (χ0) is 10.1. The minimum atomic E-state index is -0.611. The van der Waals surface area contributed by atoms with Crippen LogP contribution in [0, 0.1) is 0 Å². The summed E-state index contributed by atoms with van der Waals surface area (Å²) in [6, 6.07) is 0. The molecule has 4 heteroatoms. The summed E-state index contributed by atoms with van der Waals surface area (Å²) in [6.45, 7) is 2.29. The smallest absolute Gasteiger partial charge is 0.0148 e. The minimum Gasteiger partial charge on any atom is -0.308 e. The van der Waals surface area contributed by atoms with Crippen molar-refractivity contribution in [3.05, 3.63) is 0 Å². The molecule has 0 saturated heterocycles. The lowest BCUT2D eigenvalue weighted by atomic mass is 10.5. The van der Waals surface area contributed by atoms with Crippen LogP contribution >= 0.6 is 0 Å². The summed E-state index contributed by atoms with van der Waals surface area (Å²) < 4.78 is 9.56. The van der Waals surface area contributed by atoms with Crippen LogP contribution in [0.5, 0.6) is 0 Å². The third-order valence-corrected chi connectivity index (χ3v) is 0.994. The van der Waals surface area contributed by atoms with E-state index in [1.165, 1.54) is 0 Å². The van der Waals surface area contributed by atoms with E-state index in [2.05, 4.69) is 38.0 Å². The molecule has 0 spiro atoms. The molecule has 0 bridgehead atoms. The molecule has 0 radical (unpaired) electrons. The molecule has 0 N–H and O–H groups in total. The number of hydrogen-bond donors (Lipinski definition) is 0. The Kier molecular flexibility index (Phi) is 11.1. The lowest BCUT2D eigenvalue weighted by Crippen LogP contribution is -2.25. The van der Waals surface area contributed by atoms with Crippen molar-refractivity contribution in [2.24, 2.45) is 0 Å². The van der Waals surface area contributed by atoms with Gasteiger partial charge in [0.05, 0.1) is 0 Å². The number of rotatable bonds is 3. The van der Waals surface area contributed by atoms with E-state index in [0.29, 0.717) is 0 Å². The van der Waals surface area contributed by atoms with Crippen molar-refractivity contribution in [1.29, 1.82) is 0 Å². The van der Waals surface area contributed by atoms with Crippen LogP contribution in [0.4, 0.5) is 0 Å². The minimum absolute atomic E-state index is 0.611. The molecule has 0 atom stereocenters. The molecule has 12 heavy (non-hydrogen) atoms. The van der Waals surface area contributed by atoms with Gasteiger partial charge in [0.2, 0.25) is 0 Å². The van der Waals surface area contributed by atoms with Crippen molar-refractivity contribution in [3.8, 4) is 0 Å². The normalized spacial score (nSPS) is 10.4. The second-order valence-corrected chi connectivity index (χ2v) is 4.83. The van der Waals surface area contributed by atoms with Gasteiger partial charge in [-0.25, -0.2) is 0 Å². The Labute approximate surface area is 79.2 Å². The van der Waals surface area contributed by atoms with Gasteiger partial charge in [-0.15, -0.1) is 0 Å². The van der Waals surface area contributed by atoms with Crippen LogP contribution in [0.1, 0.15) is 0 Å². The van der Waals surface area contributed by atoms with Gasteiger partial charge in [0.25, 0.3) is 0 Å². The van der Waals surface area contributed by atoms with Crippen molar-refractivity contribution in [1.82, 2.24) is 9.80 Å². The Morgan fingerprint density at radius 3 is 1.17 bits per heavy atom. The molecule has 76 valence electrons. The fraction of sp³-hybridized carbons (Fsp3) is 1.00. The van der Waals surface area contributed by atoms with E-state index < -0.39 is 10.8 Å². The van der Waals surface area contributed by atoms with Crippen LogP contribution in [0.3, 0.4) is 0 Å². The summed E-state index contributed by atoms with van der Waals surface area (Å²) in [7, 11) is 7.74. The zero-order valence-corrected chi connectivity index (χ0v) is 9.94. The highest BCUT2D eigenvalue weighted by Gasteiger charge is 1.89. The SMILES string of the molecule is CN(C)CCN(C)C.CS(C)=O. The van der Waals surface area contributed by atoms with Gasteiger partial charge in [0, 0.05) is 36.4 Å². The fourth-order valence-corrected chi connectivity index (χ4v) is 0.400. The van der Waals surface area contributed by atoms with Gasteiger partial charge in [-0.05, 0) is 28.2 Å². The predicted octanol–water partition coefficient (Wildman–Crippen LogP) is 0.104. The van der Waals surface area contributed by atoms with Crippen LogP contribution in [0.25, 0.3) is 0 Å². The Hall–Kier alpha value is 0.0700. The average Bonchev–Trinajstić information content (AvgIpc) is 1.82. The number of likely N-dealkylation sites (N-methyl/N-ethyl adjacent to an activating group) is 2. The van der Waals surface area contributed by atoms with Crippen LogP contribution < -0.4 is 0 Å². The zero-order valence-electron chi connectivity index (χ0n) is 9.13. The molecule has 0 heterocycles. The molecule has 0 rings (SSSR count). The molecule has 0 fully saturated rings. The molecule has 0 aliphatic carbocycles. The quantitative estimate of drug-likeness (QED) is 0.637. The maximum atomic E-state index is 9.56. The Balaban J connectivity index is 0. The van der Waals surface area contributed by atoms with E-state index in [-0.39, 0.29) is 0 Å². The second-order valence-electron chi connectivity index (χ2n) is 3.35. The molecule has 0 saturated carbocycles. The van der Waals surface area contributed by atoms with Gasteiger partial charge >= 0.3 is 0 Å². The molecular formula is C8H22N2OS. The highest BCUT2D eigenvalue weighted by Crippen LogP contribution is 1.76. The van der Waals surface area contributed by atoms with Crippen molar-refractivity contribution in [2.45, 2.75) is 0 Å². The van der Waals surface area contributed by atoms with E-state index in [9.17, 15) is 4.21 Å². The largest absolute Gasteiger partial charge is 0.308 e. The van der Waals surface area contributed by atoms with Crippen LogP contribution in [-0.2, 0) is 10.8 Å². The lowest BCUT2D eigenvalue weighted by molar-refractivity contribution is 0.320. The van der Waals surface area contributed by atoms with E-state index in [1.807, 2.05) is 0 Å². The van der Waals surface area contributed by atoms with E-state index in [0.717, 1.165) is 13.1 Å². The highest BCUT2D eigenvalue weighted by molar-refractivity contribution is 7.83. The third kappa shape index (κ3) is 32.2. The van der Waals surface area contributed by atoms with E-state index in [4.69, 9.17) is 0 Å². The number of hydrogen-bond acceptors (Lipinski definition) is 3. The summed E-state index contributed by atoms with van der Waals surface area (Å²) in [5.74, 6) is 0. The van der Waals surface area contributed by atoms with Crippen molar-refractivity contribution < 1.29 is 4.21 Å². The maximum Gasteiger partial charge on any atom is 0.0148 e. The first-order chi connectivity index (χ1) is 5.36. The molecule has 0 aromatic carbocycles. The molecule has 0 aromatic rings. The molecule has 0 unspecified atom stereocenters. The van der Waals surface area contributed by atoms with Crippen LogP contribution in [0.2, 0.25) is 0 Å². The second kappa shape index (κ2) is 9.16. The van der Waals surface area contributed by atoms with Gasteiger partial charge in [0.1, 0.15) is 0 Å². The van der Waals surface area contributed by atoms with Gasteiger partial charge in [0.15, 0.2) is 0 Å². The first-order valence-electron chi connectivity index (χ1n) is 3.90. The monoisotopic (exact) mass is 194 g/mol. The van der Waals surface area contributed by atoms with Crippen LogP contribution in [-0.4, -0.2) is 67.8 Å². The maximum absolute atomic E-state index is 9.56. The number of nitrogens with zero attached hydrogens (tertiary/aromatic N) is 2. The van der Waals surface area contributed by atoms with E-state index >= 15 is 0 Å². The molecule has 0 aliphatic heterocycles. The molecule has 3 nitrogen and oxygen atoms in total. The van der Waals surface area contributed by atoms with Gasteiger partial charge in [-0.1, -0.05) is 0 Å². The summed E-state index contributed by atoms with van der Waals surface area (Å²) in [5.41, 5.74) is 0. The van der Waals surface area contributed by atoms with Gasteiger partial charge in [-0.2, -0.15) is 0 Å². The molecule has 0 amide bonds. The topological polar surface area (TPSA) is 23.6 Å².